The third-order valence-corrected chi connectivity index (χ3v) is 2.63. The molecule has 0 aliphatic rings. The molecule has 0 heterocycles. The average molecular weight is 254 g/mol. The number of nitro benzene ring substituents is 1. The van der Waals surface area contributed by atoms with Crippen LogP contribution in [0.2, 0.25) is 0 Å². The highest BCUT2D eigenvalue weighted by Crippen LogP contribution is 2.29. The molecular formula is C12H18N2O4. The van der Waals surface area contributed by atoms with Gasteiger partial charge in [-0.15, -0.1) is 0 Å². The Balaban J connectivity index is 3.01. The van der Waals surface area contributed by atoms with Gasteiger partial charge < -0.3 is 15.2 Å². The largest absolute Gasteiger partial charge is 0.490 e. The number of nitrogens with one attached hydrogen (secondary N) is 1. The van der Waals surface area contributed by atoms with Gasteiger partial charge in [-0.05, 0) is 24.6 Å². The van der Waals surface area contributed by atoms with Gasteiger partial charge in [0.05, 0.1) is 24.7 Å². The summed E-state index contributed by atoms with van der Waals surface area (Å²) in [5, 5.41) is 23.3. The second-order valence-corrected chi connectivity index (χ2v) is 3.88. The molecule has 0 amide bonds. The molecule has 6 nitrogen and oxygen atoms in total. The van der Waals surface area contributed by atoms with E-state index in [4.69, 9.17) is 4.74 Å². The Labute approximate surface area is 106 Å². The summed E-state index contributed by atoms with van der Waals surface area (Å²) < 4.78 is 4.93. The van der Waals surface area contributed by atoms with Gasteiger partial charge in [-0.1, -0.05) is 13.0 Å². The molecule has 0 bridgehead atoms. The van der Waals surface area contributed by atoms with Crippen molar-refractivity contribution >= 4 is 5.69 Å². The number of hydrogen-bond donors (Lipinski definition) is 2. The van der Waals surface area contributed by atoms with E-state index in [-0.39, 0.29) is 24.1 Å². The lowest BCUT2D eigenvalue weighted by molar-refractivity contribution is -0.385. The normalized spacial score (nSPS) is 12.2. The van der Waals surface area contributed by atoms with Crippen LogP contribution < -0.4 is 10.1 Å². The zero-order chi connectivity index (χ0) is 13.5. The van der Waals surface area contributed by atoms with Crippen LogP contribution in [0.25, 0.3) is 0 Å². The number of methoxy groups -OCH3 is 1. The lowest BCUT2D eigenvalue weighted by Gasteiger charge is -2.16. The van der Waals surface area contributed by atoms with Gasteiger partial charge in [0.15, 0.2) is 5.75 Å². The molecule has 0 aliphatic carbocycles. The molecule has 0 saturated carbocycles. The third-order valence-electron chi connectivity index (χ3n) is 2.63. The predicted molar refractivity (Wildman–Crippen MR) is 67.8 cm³/mol. The van der Waals surface area contributed by atoms with Crippen LogP contribution in [0.4, 0.5) is 5.69 Å². The zero-order valence-electron chi connectivity index (χ0n) is 10.5. The number of aliphatic hydroxyl groups excluding tert-OH is 1. The Kier molecular flexibility index (Phi) is 5.54. The summed E-state index contributed by atoms with van der Waals surface area (Å²) in [5.41, 5.74) is 0.588. The Morgan fingerprint density at radius 3 is 2.78 bits per heavy atom. The minimum Gasteiger partial charge on any atom is -0.490 e. The molecule has 0 fully saturated rings. The zero-order valence-corrected chi connectivity index (χ0v) is 10.5. The number of aliphatic hydroxyl groups is 1. The van der Waals surface area contributed by atoms with E-state index in [9.17, 15) is 15.2 Å². The van der Waals surface area contributed by atoms with E-state index in [0.717, 1.165) is 13.0 Å². The van der Waals surface area contributed by atoms with Gasteiger partial charge in [-0.2, -0.15) is 0 Å². The third kappa shape index (κ3) is 3.41. The van der Waals surface area contributed by atoms with Crippen molar-refractivity contribution in [2.24, 2.45) is 0 Å². The van der Waals surface area contributed by atoms with Crippen LogP contribution in [-0.2, 0) is 0 Å². The van der Waals surface area contributed by atoms with Crippen LogP contribution in [0, 0.1) is 10.1 Å². The number of nitrogens with zero attached hydrogens (tertiary/aromatic N) is 1. The monoisotopic (exact) mass is 254 g/mol. The molecular weight excluding hydrogens is 236 g/mol. The summed E-state index contributed by atoms with van der Waals surface area (Å²) in [4.78, 5) is 10.4. The van der Waals surface area contributed by atoms with Gasteiger partial charge in [0.2, 0.25) is 0 Å². The van der Waals surface area contributed by atoms with Crippen molar-refractivity contribution in [3.8, 4) is 5.75 Å². The maximum absolute atomic E-state index is 10.9. The molecule has 100 valence electrons. The fraction of sp³-hybridized carbons (Fsp3) is 0.500. The van der Waals surface area contributed by atoms with Crippen LogP contribution >= 0.6 is 0 Å². The minimum atomic E-state index is -0.489. The minimum absolute atomic E-state index is 0.0910. The summed E-state index contributed by atoms with van der Waals surface area (Å²) >= 11 is 0. The van der Waals surface area contributed by atoms with E-state index in [1.54, 1.807) is 12.1 Å². The molecule has 1 aromatic rings. The highest BCUT2D eigenvalue weighted by molar-refractivity contribution is 5.49. The second kappa shape index (κ2) is 6.93. The molecule has 0 aliphatic heterocycles. The summed E-state index contributed by atoms with van der Waals surface area (Å²) in [6, 6.07) is 4.40. The summed E-state index contributed by atoms with van der Waals surface area (Å²) in [6.07, 6.45) is 0.925. The summed E-state index contributed by atoms with van der Waals surface area (Å²) in [7, 11) is 1.39. The molecule has 1 rings (SSSR count). The van der Waals surface area contributed by atoms with Crippen LogP contribution in [0.3, 0.4) is 0 Å². The lowest BCUT2D eigenvalue weighted by Crippen LogP contribution is -2.25. The molecule has 0 aromatic heterocycles. The smallest absolute Gasteiger partial charge is 0.311 e. The average Bonchev–Trinajstić information content (AvgIpc) is 2.39. The fourth-order valence-corrected chi connectivity index (χ4v) is 1.67. The number of ether oxygens (including phenoxy) is 1. The van der Waals surface area contributed by atoms with Crippen molar-refractivity contribution in [2.45, 2.75) is 19.4 Å². The van der Waals surface area contributed by atoms with Crippen LogP contribution in [0.5, 0.6) is 5.75 Å². The van der Waals surface area contributed by atoms with Gasteiger partial charge in [-0.25, -0.2) is 0 Å². The van der Waals surface area contributed by atoms with Crippen molar-refractivity contribution in [1.82, 2.24) is 5.32 Å². The first kappa shape index (κ1) is 14.4. The van der Waals surface area contributed by atoms with Gasteiger partial charge >= 0.3 is 5.69 Å². The van der Waals surface area contributed by atoms with E-state index in [2.05, 4.69) is 5.32 Å². The van der Waals surface area contributed by atoms with Crippen LogP contribution in [0.15, 0.2) is 18.2 Å². The van der Waals surface area contributed by atoms with E-state index >= 15 is 0 Å². The molecule has 0 radical (unpaired) electrons. The molecule has 1 unspecified atom stereocenters. The van der Waals surface area contributed by atoms with E-state index < -0.39 is 4.92 Å². The Hall–Kier alpha value is -1.66. The topological polar surface area (TPSA) is 84.6 Å². The van der Waals surface area contributed by atoms with E-state index in [0.29, 0.717) is 5.56 Å². The molecule has 0 spiro atoms. The van der Waals surface area contributed by atoms with Crippen LogP contribution in [-0.4, -0.2) is 30.3 Å². The first-order valence-electron chi connectivity index (χ1n) is 5.80. The van der Waals surface area contributed by atoms with Crippen molar-refractivity contribution in [1.29, 1.82) is 0 Å². The number of nitro groups is 1. The fourth-order valence-electron chi connectivity index (χ4n) is 1.67. The highest BCUT2D eigenvalue weighted by Gasteiger charge is 2.18. The Morgan fingerprint density at radius 2 is 2.28 bits per heavy atom. The predicted octanol–water partition coefficient (Wildman–Crippen LogP) is 1.64. The molecule has 0 saturated heterocycles. The van der Waals surface area contributed by atoms with E-state index in [1.807, 2.05) is 6.92 Å². The lowest BCUT2D eigenvalue weighted by atomic mass is 10.1. The van der Waals surface area contributed by atoms with Crippen molar-refractivity contribution in [3.05, 3.63) is 33.9 Å². The molecule has 1 atom stereocenters. The van der Waals surface area contributed by atoms with Crippen molar-refractivity contribution in [3.63, 3.8) is 0 Å². The summed E-state index contributed by atoms with van der Waals surface area (Å²) in [6.45, 7) is 2.65. The maximum Gasteiger partial charge on any atom is 0.311 e. The van der Waals surface area contributed by atoms with Gasteiger partial charge in [0.1, 0.15) is 0 Å². The summed E-state index contributed by atoms with van der Waals surface area (Å²) in [5.74, 6) is 0.218. The SMILES string of the molecule is CCCNC(CO)c1ccc(OC)c([N+](=O)[O-])c1. The van der Waals surface area contributed by atoms with Gasteiger partial charge in [0.25, 0.3) is 0 Å². The van der Waals surface area contributed by atoms with Crippen molar-refractivity contribution < 1.29 is 14.8 Å². The van der Waals surface area contributed by atoms with Crippen molar-refractivity contribution in [2.75, 3.05) is 20.3 Å². The molecule has 2 N–H and O–H groups in total. The van der Waals surface area contributed by atoms with Gasteiger partial charge in [0, 0.05) is 6.07 Å². The standard InChI is InChI=1S/C12H18N2O4/c1-3-6-13-10(8-15)9-4-5-12(18-2)11(7-9)14(16)17/h4-5,7,10,13,15H,3,6,8H2,1-2H3. The number of rotatable bonds is 7. The first-order chi connectivity index (χ1) is 8.63. The highest BCUT2D eigenvalue weighted by atomic mass is 16.6. The second-order valence-electron chi connectivity index (χ2n) is 3.88. The van der Waals surface area contributed by atoms with E-state index in [1.165, 1.54) is 13.2 Å². The maximum atomic E-state index is 10.9. The first-order valence-corrected chi connectivity index (χ1v) is 5.80. The Bertz CT molecular complexity index is 409. The molecule has 18 heavy (non-hydrogen) atoms. The van der Waals surface area contributed by atoms with Gasteiger partial charge in [-0.3, -0.25) is 10.1 Å². The number of benzene rings is 1. The quantitative estimate of drug-likeness (QED) is 0.570. The Morgan fingerprint density at radius 1 is 1.56 bits per heavy atom. The molecule has 6 heteroatoms. The van der Waals surface area contributed by atoms with Crippen LogP contribution in [0.1, 0.15) is 24.9 Å². The molecule has 1 aromatic carbocycles. The number of hydrogen-bond acceptors (Lipinski definition) is 5.